The maximum atomic E-state index is 11.2. The van der Waals surface area contributed by atoms with Gasteiger partial charge in [0.05, 0.1) is 5.56 Å². The maximum Gasteiger partial charge on any atom is 0.278 e. The second-order valence-corrected chi connectivity index (χ2v) is 2.33. The maximum absolute atomic E-state index is 11.2. The van der Waals surface area contributed by atoms with Crippen molar-refractivity contribution in [2.75, 3.05) is 0 Å². The summed E-state index contributed by atoms with van der Waals surface area (Å²) in [7, 11) is 0. The molecular weight excluding hydrogens is 172 g/mol. The van der Waals surface area contributed by atoms with Crippen LogP contribution in [-0.4, -0.2) is 22.4 Å². The van der Waals surface area contributed by atoms with Crippen molar-refractivity contribution in [1.29, 1.82) is 0 Å². The zero-order chi connectivity index (χ0) is 9.84. The Balaban J connectivity index is 3.02. The van der Waals surface area contributed by atoms with Gasteiger partial charge in [-0.1, -0.05) is 12.1 Å². The van der Waals surface area contributed by atoms with Gasteiger partial charge in [0.1, 0.15) is 5.75 Å². The number of phenols is 1. The van der Waals surface area contributed by atoms with Crippen LogP contribution in [0.5, 0.6) is 5.75 Å². The molecule has 3 N–H and O–H groups in total. The van der Waals surface area contributed by atoms with E-state index in [1.807, 2.05) is 0 Å². The van der Waals surface area contributed by atoms with E-state index in [1.165, 1.54) is 12.1 Å². The predicted octanol–water partition coefficient (Wildman–Crippen LogP) is -0.136. The third-order valence-corrected chi connectivity index (χ3v) is 1.48. The van der Waals surface area contributed by atoms with Gasteiger partial charge in [0, 0.05) is 0 Å². The van der Waals surface area contributed by atoms with Gasteiger partial charge < -0.3 is 5.11 Å². The van der Waals surface area contributed by atoms with Gasteiger partial charge in [-0.15, -0.1) is 0 Å². The Kier molecular flexibility index (Phi) is 2.61. The molecule has 0 aliphatic rings. The van der Waals surface area contributed by atoms with Gasteiger partial charge in [-0.2, -0.15) is 0 Å². The molecule has 0 aliphatic heterocycles. The molecule has 5 nitrogen and oxygen atoms in total. The summed E-state index contributed by atoms with van der Waals surface area (Å²) in [5, 5.41) is 9.58. The molecular formula is C8H8N2O3. The normalized spacial score (nSPS) is 9.31. The van der Waals surface area contributed by atoms with Crippen molar-refractivity contribution in [2.45, 2.75) is 0 Å². The number of carbonyl (C=O) groups excluding carboxylic acids is 2. The first-order valence-corrected chi connectivity index (χ1v) is 3.48. The van der Waals surface area contributed by atoms with Gasteiger partial charge in [0.2, 0.25) is 6.41 Å². The molecule has 1 rings (SSSR count). The Bertz CT molecular complexity index is 338. The van der Waals surface area contributed by atoms with Crippen molar-refractivity contribution in [2.24, 2.45) is 5.84 Å². The number of nitrogens with zero attached hydrogens (tertiary/aromatic N) is 1. The molecule has 0 aliphatic carbocycles. The highest BCUT2D eigenvalue weighted by atomic mass is 16.3. The molecule has 0 spiro atoms. The number of benzene rings is 1. The van der Waals surface area contributed by atoms with Gasteiger partial charge in [-0.25, -0.2) is 10.9 Å². The van der Waals surface area contributed by atoms with Crippen molar-refractivity contribution < 1.29 is 14.7 Å². The summed E-state index contributed by atoms with van der Waals surface area (Å²) in [5.74, 6) is 4.08. The minimum absolute atomic E-state index is 0.00269. The lowest BCUT2D eigenvalue weighted by molar-refractivity contribution is -0.116. The molecule has 0 fully saturated rings. The number of hydrogen-bond donors (Lipinski definition) is 2. The molecule has 0 heterocycles. The van der Waals surface area contributed by atoms with Crippen molar-refractivity contribution in [3.63, 3.8) is 0 Å². The molecule has 0 bridgehead atoms. The molecule has 1 aromatic carbocycles. The summed E-state index contributed by atoms with van der Waals surface area (Å²) in [6, 6.07) is 5.84. The lowest BCUT2D eigenvalue weighted by Gasteiger charge is -2.08. The molecule has 13 heavy (non-hydrogen) atoms. The molecule has 1 aromatic rings. The standard InChI is InChI=1S/C8H8N2O3/c9-10(5-11)8(13)6-3-1-2-4-7(6)12/h1-5,12H,9H2. The molecule has 0 unspecified atom stereocenters. The zero-order valence-electron chi connectivity index (χ0n) is 6.68. The van der Waals surface area contributed by atoms with Gasteiger partial charge >= 0.3 is 0 Å². The fraction of sp³-hybridized carbons (Fsp3) is 0. The smallest absolute Gasteiger partial charge is 0.278 e. The van der Waals surface area contributed by atoms with Crippen LogP contribution in [0.1, 0.15) is 10.4 Å². The first-order chi connectivity index (χ1) is 6.16. The van der Waals surface area contributed by atoms with Crippen LogP contribution in [0.15, 0.2) is 24.3 Å². The number of rotatable bonds is 2. The molecule has 2 amide bonds. The number of hydrazine groups is 1. The number of para-hydroxylation sites is 1. The molecule has 0 saturated carbocycles. The summed E-state index contributed by atoms with van der Waals surface area (Å²) >= 11 is 0. The average Bonchev–Trinajstić information content (AvgIpc) is 2.16. The number of carbonyl (C=O) groups is 2. The van der Waals surface area contributed by atoms with Gasteiger partial charge in [-0.3, -0.25) is 9.59 Å². The Morgan fingerprint density at radius 3 is 2.62 bits per heavy atom. The lowest BCUT2D eigenvalue weighted by atomic mass is 10.2. The van der Waals surface area contributed by atoms with E-state index in [1.54, 1.807) is 12.1 Å². The zero-order valence-corrected chi connectivity index (χ0v) is 6.68. The van der Waals surface area contributed by atoms with Gasteiger partial charge in [0.25, 0.3) is 5.91 Å². The largest absolute Gasteiger partial charge is 0.507 e. The number of hydrogen-bond acceptors (Lipinski definition) is 4. The third kappa shape index (κ3) is 1.83. The Morgan fingerprint density at radius 1 is 1.46 bits per heavy atom. The summed E-state index contributed by atoms with van der Waals surface area (Å²) in [6.45, 7) is 0. The summed E-state index contributed by atoms with van der Waals surface area (Å²) in [4.78, 5) is 21.3. The van der Waals surface area contributed by atoms with Crippen LogP contribution in [0.3, 0.4) is 0 Å². The van der Waals surface area contributed by atoms with Crippen LogP contribution in [0, 0.1) is 0 Å². The van der Waals surface area contributed by atoms with E-state index in [9.17, 15) is 14.7 Å². The topological polar surface area (TPSA) is 83.6 Å². The quantitative estimate of drug-likeness (QED) is 0.287. The minimum atomic E-state index is -0.743. The van der Waals surface area contributed by atoms with Crippen molar-refractivity contribution in [1.82, 2.24) is 5.01 Å². The monoisotopic (exact) mass is 180 g/mol. The van der Waals surface area contributed by atoms with Gasteiger partial charge in [0.15, 0.2) is 0 Å². The summed E-state index contributed by atoms with van der Waals surface area (Å²) < 4.78 is 0. The predicted molar refractivity (Wildman–Crippen MR) is 44.5 cm³/mol. The molecule has 0 atom stereocenters. The molecule has 0 radical (unpaired) electrons. The van der Waals surface area contributed by atoms with E-state index in [-0.39, 0.29) is 17.7 Å². The Morgan fingerprint density at radius 2 is 2.08 bits per heavy atom. The number of nitrogens with two attached hydrogens (primary N) is 1. The number of aromatic hydroxyl groups is 1. The van der Waals surface area contributed by atoms with Crippen LogP contribution in [0.4, 0.5) is 0 Å². The average molecular weight is 180 g/mol. The minimum Gasteiger partial charge on any atom is -0.507 e. The second kappa shape index (κ2) is 3.68. The second-order valence-electron chi connectivity index (χ2n) is 2.33. The van der Waals surface area contributed by atoms with Crippen LogP contribution in [0.25, 0.3) is 0 Å². The highest BCUT2D eigenvalue weighted by Gasteiger charge is 2.14. The van der Waals surface area contributed by atoms with E-state index in [0.29, 0.717) is 5.01 Å². The van der Waals surface area contributed by atoms with Crippen molar-refractivity contribution in [3.05, 3.63) is 29.8 Å². The molecule has 0 aromatic heterocycles. The first kappa shape index (κ1) is 9.21. The number of phenolic OH excluding ortho intramolecular Hbond substituents is 1. The SMILES string of the molecule is NN(C=O)C(=O)c1ccccc1O. The van der Waals surface area contributed by atoms with E-state index >= 15 is 0 Å². The van der Waals surface area contributed by atoms with Crippen LogP contribution in [-0.2, 0) is 4.79 Å². The van der Waals surface area contributed by atoms with E-state index in [2.05, 4.69) is 0 Å². The highest BCUT2D eigenvalue weighted by Crippen LogP contribution is 2.15. The fourth-order valence-electron chi connectivity index (χ4n) is 0.841. The summed E-state index contributed by atoms with van der Waals surface area (Å²) in [5.41, 5.74) is -0.00269. The lowest BCUT2D eigenvalue weighted by Crippen LogP contribution is -2.35. The summed E-state index contributed by atoms with van der Waals surface area (Å²) in [6.07, 6.45) is 0.175. The van der Waals surface area contributed by atoms with Crippen molar-refractivity contribution >= 4 is 12.3 Å². The van der Waals surface area contributed by atoms with E-state index in [4.69, 9.17) is 5.84 Å². The van der Waals surface area contributed by atoms with Crippen LogP contribution < -0.4 is 5.84 Å². The van der Waals surface area contributed by atoms with E-state index in [0.717, 1.165) is 0 Å². The highest BCUT2D eigenvalue weighted by molar-refractivity contribution is 6.01. The van der Waals surface area contributed by atoms with Crippen LogP contribution in [0.2, 0.25) is 0 Å². The van der Waals surface area contributed by atoms with Crippen molar-refractivity contribution in [3.8, 4) is 5.75 Å². The first-order valence-electron chi connectivity index (χ1n) is 3.48. The number of imide groups is 1. The van der Waals surface area contributed by atoms with Crippen LogP contribution >= 0.6 is 0 Å². The molecule has 68 valence electrons. The van der Waals surface area contributed by atoms with Gasteiger partial charge in [-0.05, 0) is 12.1 Å². The van der Waals surface area contributed by atoms with E-state index < -0.39 is 5.91 Å². The molecule has 5 heteroatoms. The Hall–Kier alpha value is -1.88. The number of amides is 2. The fourth-order valence-corrected chi connectivity index (χ4v) is 0.841. The molecule has 0 saturated heterocycles. The third-order valence-electron chi connectivity index (χ3n) is 1.48. The Labute approximate surface area is 74.3 Å².